The van der Waals surface area contributed by atoms with Gasteiger partial charge in [-0.1, -0.05) is 18.7 Å². The first-order valence-electron chi connectivity index (χ1n) is 14.7. The Bertz CT molecular complexity index is 1680. The second kappa shape index (κ2) is 13.3. The van der Waals surface area contributed by atoms with Gasteiger partial charge in [-0.3, -0.25) is 14.6 Å². The summed E-state index contributed by atoms with van der Waals surface area (Å²) in [6.45, 7) is 11.4. The predicted molar refractivity (Wildman–Crippen MR) is 171 cm³/mol. The van der Waals surface area contributed by atoms with Gasteiger partial charge in [0.25, 0.3) is 5.91 Å². The van der Waals surface area contributed by atoms with E-state index < -0.39 is 15.7 Å². The summed E-state index contributed by atoms with van der Waals surface area (Å²) >= 11 is 0. The number of hydrogen-bond donors (Lipinski definition) is 2. The van der Waals surface area contributed by atoms with Gasteiger partial charge in [0, 0.05) is 43.8 Å². The maximum atomic E-state index is 13.3. The van der Waals surface area contributed by atoms with E-state index >= 15 is 0 Å². The van der Waals surface area contributed by atoms with Crippen LogP contribution in [0.15, 0.2) is 66.3 Å². The molecule has 2 N–H and O–H groups in total. The van der Waals surface area contributed by atoms with Crippen molar-refractivity contribution in [1.82, 2.24) is 19.8 Å². The zero-order chi connectivity index (χ0) is 31.6. The van der Waals surface area contributed by atoms with Gasteiger partial charge in [0.1, 0.15) is 5.82 Å². The summed E-state index contributed by atoms with van der Waals surface area (Å²) in [6.07, 6.45) is 8.30. The SMILES string of the molecule is C=CC(=O)N1CCN(C[C@H](Nc2cc(C)c(C(=O)Nc3ncccc3C)cc2S(C)(=O)=O)c2ccc(C3CC3)cn2)C[C-]1C.[Lr]. The van der Waals surface area contributed by atoms with E-state index in [-0.39, 0.29) is 22.4 Å². The van der Waals surface area contributed by atoms with Crippen LogP contribution < -0.4 is 10.6 Å². The van der Waals surface area contributed by atoms with Gasteiger partial charge in [-0.25, -0.2) is 19.4 Å². The summed E-state index contributed by atoms with van der Waals surface area (Å²) in [6, 6.07) is 11.4. The standard InChI is InChI=1S/C33H39N6O4S.Lr/c1-6-31(40)39-15-14-38(19-23(39)4)20-29(27-12-11-25(18-35-27)24-9-10-24)36-28-16-22(3)26(17-30(28)44(5,42)43)33(41)37-32-21(2)8-7-13-34-32;/h6-8,11-13,16-18,24,29,36H,1,9-10,14-15,19-20H2,2-5H3,(H,34,37,41);/q-1;/t29-;/m0./s1. The third-order valence-electron chi connectivity index (χ3n) is 8.19. The maximum absolute atomic E-state index is 13.3. The number of pyridine rings is 2. The zero-order valence-electron chi connectivity index (χ0n) is 25.9. The van der Waals surface area contributed by atoms with Gasteiger partial charge < -0.3 is 20.4 Å². The molecule has 1 saturated heterocycles. The molecular formula is C33H39LrN6O4S-. The molecule has 1 radical (unpaired) electrons. The number of hydrogen-bond acceptors (Lipinski definition) is 8. The summed E-state index contributed by atoms with van der Waals surface area (Å²) < 4.78 is 26.2. The van der Waals surface area contributed by atoms with Crippen molar-refractivity contribution in [3.63, 3.8) is 0 Å². The fraction of sp³-hybridized carbons (Fsp3) is 0.364. The molecule has 1 saturated carbocycles. The number of sulfone groups is 1. The predicted octanol–water partition coefficient (Wildman–Crippen LogP) is 4.66. The topological polar surface area (TPSA) is 125 Å². The molecule has 3 heterocycles. The fourth-order valence-corrected chi connectivity index (χ4v) is 6.42. The summed E-state index contributed by atoms with van der Waals surface area (Å²) in [5.41, 5.74) is 4.04. The minimum atomic E-state index is -3.74. The number of amides is 2. The summed E-state index contributed by atoms with van der Waals surface area (Å²) in [5, 5.41) is 6.28. The Morgan fingerprint density at radius 3 is 2.49 bits per heavy atom. The second-order valence-corrected chi connectivity index (χ2v) is 13.7. The van der Waals surface area contributed by atoms with Gasteiger partial charge in [0.15, 0.2) is 9.84 Å². The third-order valence-corrected chi connectivity index (χ3v) is 9.33. The molecule has 1 aliphatic carbocycles. The van der Waals surface area contributed by atoms with Crippen molar-refractivity contribution >= 4 is 33.2 Å². The van der Waals surface area contributed by atoms with E-state index in [0.29, 0.717) is 49.2 Å². The number of rotatable bonds is 10. The molecule has 0 unspecified atom stereocenters. The van der Waals surface area contributed by atoms with Crippen LogP contribution in [-0.2, 0) is 14.6 Å². The van der Waals surface area contributed by atoms with Gasteiger partial charge in [0.05, 0.1) is 22.3 Å². The van der Waals surface area contributed by atoms with Gasteiger partial charge >= 0.3 is 0 Å². The fourth-order valence-electron chi connectivity index (χ4n) is 5.57. The Hall–Kier alpha value is -5.09. The van der Waals surface area contributed by atoms with Crippen molar-refractivity contribution in [2.75, 3.05) is 43.1 Å². The molecule has 2 aliphatic rings. The van der Waals surface area contributed by atoms with Gasteiger partial charge in [-0.15, -0.1) is 6.54 Å². The zero-order valence-corrected chi connectivity index (χ0v) is 28.9. The van der Waals surface area contributed by atoms with Crippen LogP contribution in [0.25, 0.3) is 0 Å². The van der Waals surface area contributed by atoms with Crippen LogP contribution in [0.4, 0.5) is 11.5 Å². The van der Waals surface area contributed by atoms with Crippen LogP contribution in [-0.4, -0.2) is 72.4 Å². The molecule has 1 atom stereocenters. The van der Waals surface area contributed by atoms with Crippen LogP contribution in [0.2, 0.25) is 0 Å². The van der Waals surface area contributed by atoms with E-state index in [0.717, 1.165) is 23.6 Å². The minimum absolute atomic E-state index is 0. The second-order valence-electron chi connectivity index (χ2n) is 11.7. The molecule has 45 heavy (non-hydrogen) atoms. The van der Waals surface area contributed by atoms with E-state index in [9.17, 15) is 18.0 Å². The Balaban J connectivity index is 0.00000461. The molecule has 1 aromatic carbocycles. The van der Waals surface area contributed by atoms with E-state index in [1.54, 1.807) is 30.2 Å². The molecule has 12 heteroatoms. The van der Waals surface area contributed by atoms with Crippen molar-refractivity contribution in [2.45, 2.75) is 50.5 Å². The molecule has 5 rings (SSSR count). The minimum Gasteiger partial charge on any atom is -0.485 e. The van der Waals surface area contributed by atoms with Crippen LogP contribution in [0.3, 0.4) is 0 Å². The average Bonchev–Trinajstić information content (AvgIpc) is 3.83. The van der Waals surface area contributed by atoms with Crippen LogP contribution in [0, 0.1) is 19.9 Å². The van der Waals surface area contributed by atoms with Crippen molar-refractivity contribution in [3.05, 3.63) is 95.4 Å². The number of benzene rings is 1. The number of anilines is 2. The number of aromatic nitrogens is 2. The van der Waals surface area contributed by atoms with Crippen LogP contribution >= 0.6 is 0 Å². The quantitative estimate of drug-likeness (QED) is 0.223. The molecule has 2 amide bonds. The number of nitrogens with one attached hydrogen (secondary N) is 2. The molecule has 3 aromatic rings. The van der Waals surface area contributed by atoms with Crippen LogP contribution in [0.5, 0.6) is 0 Å². The van der Waals surface area contributed by atoms with Crippen molar-refractivity contribution in [1.29, 1.82) is 0 Å². The van der Waals surface area contributed by atoms with Crippen molar-refractivity contribution < 1.29 is 18.0 Å². The van der Waals surface area contributed by atoms with E-state index in [4.69, 9.17) is 4.98 Å². The first kappa shape index (κ1) is 32.8. The first-order valence-corrected chi connectivity index (χ1v) is 16.6. The van der Waals surface area contributed by atoms with Gasteiger partial charge in [0.2, 0.25) is 5.91 Å². The van der Waals surface area contributed by atoms with Crippen molar-refractivity contribution in [2.24, 2.45) is 0 Å². The summed E-state index contributed by atoms with van der Waals surface area (Å²) in [4.78, 5) is 38.6. The van der Waals surface area contributed by atoms with Gasteiger partial charge in [-0.2, -0.15) is 6.92 Å². The van der Waals surface area contributed by atoms with Crippen molar-refractivity contribution in [3.8, 4) is 0 Å². The largest absolute Gasteiger partial charge is 0.485 e. The Kier molecular flexibility index (Phi) is 9.68. The Labute approximate surface area is 259 Å². The number of nitrogens with zero attached hydrogens (tertiary/aromatic N) is 4. The molecule has 2 aromatic heterocycles. The molecule has 247 valence electrons. The van der Waals surface area contributed by atoms with Crippen LogP contribution in [0.1, 0.15) is 64.5 Å². The Morgan fingerprint density at radius 2 is 1.89 bits per heavy atom. The average molecular weight is 878 g/mol. The molecule has 2 fully saturated rings. The number of piperazine rings is 1. The summed E-state index contributed by atoms with van der Waals surface area (Å²) in [7, 11) is -3.74. The maximum Gasteiger partial charge on any atom is 0.257 e. The smallest absolute Gasteiger partial charge is 0.257 e. The molecule has 10 nitrogen and oxygen atoms in total. The normalized spacial score (nSPS) is 16.4. The third kappa shape index (κ3) is 7.53. The number of carbonyl (C=O) groups is 2. The van der Waals surface area contributed by atoms with E-state index in [2.05, 4.69) is 33.2 Å². The molecule has 0 spiro atoms. The number of carbonyl (C=O) groups excluding carboxylic acids is 2. The molecule has 1 aliphatic heterocycles. The molecular weight excluding hydrogens is 838 g/mol. The first-order chi connectivity index (χ1) is 20.9. The number of aryl methyl sites for hydroxylation is 2. The van der Waals surface area contributed by atoms with Gasteiger partial charge in [-0.05, 0) is 79.6 Å². The van der Waals surface area contributed by atoms with E-state index in [1.165, 1.54) is 30.5 Å². The molecule has 0 bridgehead atoms. The monoisotopic (exact) mass is 877 g/mol. The van der Waals surface area contributed by atoms with E-state index in [1.807, 2.05) is 32.2 Å². The Morgan fingerprint density at radius 1 is 1.13 bits per heavy atom. The summed E-state index contributed by atoms with van der Waals surface area (Å²) in [5.74, 6) is 0.420.